The van der Waals surface area contributed by atoms with Crippen molar-refractivity contribution in [2.45, 2.75) is 38.5 Å². The molecule has 1 N–H and O–H groups in total. The van der Waals surface area contributed by atoms with Gasteiger partial charge in [-0.1, -0.05) is 0 Å². The van der Waals surface area contributed by atoms with Crippen LogP contribution in [0.25, 0.3) is 5.65 Å². The van der Waals surface area contributed by atoms with Gasteiger partial charge in [-0.15, -0.1) is 0 Å². The summed E-state index contributed by atoms with van der Waals surface area (Å²) in [4.78, 5) is 25.8. The first kappa shape index (κ1) is 21.0. The lowest BCUT2D eigenvalue weighted by molar-refractivity contribution is -0.0257. The van der Waals surface area contributed by atoms with Crippen LogP contribution in [-0.2, 0) is 11.3 Å². The molecule has 1 unspecified atom stereocenters. The number of hydrogen-bond acceptors (Lipinski definition) is 7. The maximum absolute atomic E-state index is 12.9. The smallest absolute Gasteiger partial charge is 0.255 e. The largest absolute Gasteiger partial charge is 0.393 e. The van der Waals surface area contributed by atoms with Crippen molar-refractivity contribution in [3.8, 4) is 0 Å². The van der Waals surface area contributed by atoms with Crippen LogP contribution in [0.15, 0.2) is 36.8 Å². The Kier molecular flexibility index (Phi) is 5.86. The van der Waals surface area contributed by atoms with E-state index in [0.717, 1.165) is 55.1 Å². The second-order valence-corrected chi connectivity index (χ2v) is 8.53. The van der Waals surface area contributed by atoms with Crippen LogP contribution in [0.4, 0.5) is 0 Å². The third-order valence-electron chi connectivity index (χ3n) is 6.37. The molecule has 9 heteroatoms. The minimum Gasteiger partial charge on any atom is -0.393 e. The zero-order valence-electron chi connectivity index (χ0n) is 18.2. The highest BCUT2D eigenvalue weighted by atomic mass is 16.5. The van der Waals surface area contributed by atoms with Crippen molar-refractivity contribution < 1.29 is 14.6 Å². The van der Waals surface area contributed by atoms with Gasteiger partial charge in [-0.25, -0.2) is 9.50 Å². The van der Waals surface area contributed by atoms with Crippen LogP contribution in [0.2, 0.25) is 0 Å². The molecule has 32 heavy (non-hydrogen) atoms. The van der Waals surface area contributed by atoms with Crippen molar-refractivity contribution >= 4 is 11.6 Å². The van der Waals surface area contributed by atoms with Crippen molar-refractivity contribution in [2.24, 2.45) is 0 Å². The molecule has 5 heterocycles. The second-order valence-electron chi connectivity index (χ2n) is 8.53. The van der Waals surface area contributed by atoms with E-state index in [1.165, 1.54) is 0 Å². The maximum Gasteiger partial charge on any atom is 0.255 e. The number of nitrogens with zero attached hydrogens (tertiary/aromatic N) is 6. The lowest BCUT2D eigenvalue weighted by Gasteiger charge is -2.33. The molecular weight excluding hydrogens is 408 g/mol. The van der Waals surface area contributed by atoms with E-state index < -0.39 is 0 Å². The van der Waals surface area contributed by atoms with Crippen LogP contribution >= 0.6 is 0 Å². The first-order chi connectivity index (χ1) is 15.6. The predicted molar refractivity (Wildman–Crippen MR) is 117 cm³/mol. The van der Waals surface area contributed by atoms with Gasteiger partial charge in [0.25, 0.3) is 5.91 Å². The number of ether oxygens (including phenoxy) is 1. The van der Waals surface area contributed by atoms with Gasteiger partial charge in [0.2, 0.25) is 0 Å². The van der Waals surface area contributed by atoms with Crippen molar-refractivity contribution in [1.82, 2.24) is 29.4 Å². The number of piperidine rings is 1. The number of aryl methyl sites for hydroxylation is 1. The molecule has 0 aliphatic carbocycles. The minimum atomic E-state index is -0.285. The number of fused-ring (bicyclic) bond motifs is 1. The van der Waals surface area contributed by atoms with Gasteiger partial charge in [-0.3, -0.25) is 14.7 Å². The summed E-state index contributed by atoms with van der Waals surface area (Å²) in [5.74, 6) is -0.0404. The summed E-state index contributed by atoms with van der Waals surface area (Å²) in [6.45, 7) is 5.96. The average molecular weight is 437 g/mol. The molecule has 2 aliphatic heterocycles. The Morgan fingerprint density at radius 2 is 2.06 bits per heavy atom. The molecule has 0 saturated carbocycles. The fraction of sp³-hybridized carbons (Fsp3) is 0.478. The Labute approximate surface area is 186 Å². The summed E-state index contributed by atoms with van der Waals surface area (Å²) < 4.78 is 7.93. The molecule has 3 aromatic heterocycles. The van der Waals surface area contributed by atoms with Crippen molar-refractivity contribution in [3.63, 3.8) is 0 Å². The van der Waals surface area contributed by atoms with Crippen LogP contribution < -0.4 is 0 Å². The number of aliphatic hydroxyl groups excluding tert-OH is 1. The van der Waals surface area contributed by atoms with E-state index in [1.54, 1.807) is 30.7 Å². The summed E-state index contributed by atoms with van der Waals surface area (Å²) in [6.07, 6.45) is 6.17. The molecule has 2 saturated heterocycles. The summed E-state index contributed by atoms with van der Waals surface area (Å²) in [7, 11) is 0. The van der Waals surface area contributed by atoms with Crippen LogP contribution in [-0.4, -0.2) is 79.3 Å². The molecule has 0 bridgehead atoms. The van der Waals surface area contributed by atoms with Crippen molar-refractivity contribution in [1.29, 1.82) is 0 Å². The first-order valence-corrected chi connectivity index (χ1v) is 11.1. The molecule has 2 aliphatic rings. The maximum atomic E-state index is 12.9. The number of amides is 1. The fourth-order valence-corrected chi connectivity index (χ4v) is 4.53. The Balaban J connectivity index is 1.39. The van der Waals surface area contributed by atoms with Gasteiger partial charge < -0.3 is 14.7 Å². The number of aliphatic hydroxyl groups is 1. The van der Waals surface area contributed by atoms with Crippen LogP contribution in [0.3, 0.4) is 0 Å². The van der Waals surface area contributed by atoms with E-state index in [9.17, 15) is 9.90 Å². The fourth-order valence-electron chi connectivity index (χ4n) is 4.53. The van der Waals surface area contributed by atoms with Crippen LogP contribution in [0.5, 0.6) is 0 Å². The number of pyridine rings is 1. The molecule has 3 aromatic rings. The van der Waals surface area contributed by atoms with Crippen molar-refractivity contribution in [3.05, 3.63) is 59.3 Å². The molecule has 9 nitrogen and oxygen atoms in total. The topological polar surface area (TPSA) is 96.1 Å². The Morgan fingerprint density at radius 3 is 2.84 bits per heavy atom. The Hall–Kier alpha value is -2.88. The zero-order valence-corrected chi connectivity index (χ0v) is 18.2. The Bertz CT molecular complexity index is 1090. The number of morpholine rings is 1. The third kappa shape index (κ3) is 4.11. The van der Waals surface area contributed by atoms with E-state index in [0.29, 0.717) is 25.3 Å². The van der Waals surface area contributed by atoms with Gasteiger partial charge in [0.05, 0.1) is 36.2 Å². The van der Waals surface area contributed by atoms with Crippen LogP contribution in [0.1, 0.15) is 46.3 Å². The molecule has 5 rings (SSSR count). The summed E-state index contributed by atoms with van der Waals surface area (Å²) in [5, 5.41) is 14.6. The predicted octanol–water partition coefficient (Wildman–Crippen LogP) is 1.60. The third-order valence-corrected chi connectivity index (χ3v) is 6.37. The molecule has 0 spiro atoms. The molecule has 0 aromatic carbocycles. The van der Waals surface area contributed by atoms with E-state index in [-0.39, 0.29) is 18.1 Å². The highest BCUT2D eigenvalue weighted by Crippen LogP contribution is 2.26. The number of aromatic nitrogens is 4. The summed E-state index contributed by atoms with van der Waals surface area (Å²) in [5.41, 5.74) is 4.34. The number of rotatable bonds is 4. The molecule has 1 atom stereocenters. The number of likely N-dealkylation sites (tertiary alicyclic amines) is 1. The molecule has 2 fully saturated rings. The second kappa shape index (κ2) is 8.93. The van der Waals surface area contributed by atoms with Gasteiger partial charge >= 0.3 is 0 Å². The first-order valence-electron chi connectivity index (χ1n) is 11.1. The molecular formula is C23H28N6O3. The summed E-state index contributed by atoms with van der Waals surface area (Å²) >= 11 is 0. The lowest BCUT2D eigenvalue weighted by Crippen LogP contribution is -2.42. The van der Waals surface area contributed by atoms with E-state index >= 15 is 0 Å². The Morgan fingerprint density at radius 1 is 1.22 bits per heavy atom. The highest BCUT2D eigenvalue weighted by molar-refractivity contribution is 5.93. The number of hydrogen-bond donors (Lipinski definition) is 1. The minimum absolute atomic E-state index is 0.0404. The van der Waals surface area contributed by atoms with Crippen molar-refractivity contribution in [2.75, 3.05) is 32.8 Å². The van der Waals surface area contributed by atoms with Gasteiger partial charge in [0.15, 0.2) is 5.65 Å². The normalized spacial score (nSPS) is 20.7. The van der Waals surface area contributed by atoms with E-state index in [4.69, 9.17) is 9.84 Å². The average Bonchev–Trinajstić information content (AvgIpc) is 3.15. The molecule has 0 radical (unpaired) electrons. The molecule has 1 amide bonds. The monoisotopic (exact) mass is 436 g/mol. The van der Waals surface area contributed by atoms with E-state index in [2.05, 4.69) is 14.9 Å². The number of carbonyl (C=O) groups excluding carboxylic acids is 1. The van der Waals surface area contributed by atoms with E-state index in [1.807, 2.05) is 22.4 Å². The molecule has 168 valence electrons. The van der Waals surface area contributed by atoms with Gasteiger partial charge in [0, 0.05) is 50.3 Å². The van der Waals surface area contributed by atoms with Gasteiger partial charge in [0.1, 0.15) is 6.10 Å². The summed E-state index contributed by atoms with van der Waals surface area (Å²) in [6, 6.07) is 5.48. The zero-order chi connectivity index (χ0) is 22.1. The standard InChI is InChI=1S/C23H28N6O3/c1-16-19(14-27-9-5-18(30)6-10-27)22-25-8-4-20(29(22)26-16)21-15-28(11-12-32-21)23(31)17-3-2-7-24-13-17/h2-4,7-8,13,18,21,30H,5-6,9-12,14-15H2,1H3. The quantitative estimate of drug-likeness (QED) is 0.664. The van der Waals surface area contributed by atoms with Gasteiger partial charge in [-0.05, 0) is 38.0 Å². The van der Waals surface area contributed by atoms with Crippen LogP contribution in [0, 0.1) is 6.92 Å². The number of carbonyl (C=O) groups is 1. The SMILES string of the molecule is Cc1nn2c(C3CN(C(=O)c4cccnc4)CCO3)ccnc2c1CN1CCC(O)CC1. The van der Waals surface area contributed by atoms with Gasteiger partial charge in [-0.2, -0.15) is 5.10 Å². The highest BCUT2D eigenvalue weighted by Gasteiger charge is 2.29. The lowest BCUT2D eigenvalue weighted by atomic mass is 10.1.